The number of hydrogen-bond donors (Lipinski definition) is 0. The van der Waals surface area contributed by atoms with Gasteiger partial charge in [0.25, 0.3) is 0 Å². The molecular weight excluding hydrogens is 160 g/mol. The molecule has 0 fully saturated rings. The van der Waals surface area contributed by atoms with Gasteiger partial charge in [-0.15, -0.1) is 0 Å². The molecule has 1 heterocycles. The highest BCUT2D eigenvalue weighted by Gasteiger charge is 2.04. The molecule has 0 spiro atoms. The third-order valence-corrected chi connectivity index (χ3v) is 2.20. The van der Waals surface area contributed by atoms with Gasteiger partial charge in [0.05, 0.1) is 11.7 Å². The molecule has 0 radical (unpaired) electrons. The Morgan fingerprint density at radius 1 is 1.15 bits per heavy atom. The van der Waals surface area contributed by atoms with Crippen molar-refractivity contribution in [2.75, 3.05) is 0 Å². The smallest absolute Gasteiger partial charge is 0.0964 e. The van der Waals surface area contributed by atoms with Gasteiger partial charge in [0.1, 0.15) is 0 Å². The quantitative estimate of drug-likeness (QED) is 0.661. The first-order valence-electron chi connectivity index (χ1n) is 4.49. The summed E-state index contributed by atoms with van der Waals surface area (Å²) in [5, 5.41) is 9.23. The zero-order valence-corrected chi connectivity index (χ0v) is 7.86. The lowest BCUT2D eigenvalue weighted by Crippen LogP contribution is -1.92. The maximum atomic E-state index is 4.15. The lowest BCUT2D eigenvalue weighted by atomic mass is 10.0. The molecule has 2 nitrogen and oxygen atoms in total. The molecular formula is C11H12N2. The molecule has 2 aromatic rings. The first kappa shape index (κ1) is 8.17. The highest BCUT2D eigenvalue weighted by molar-refractivity contribution is 5.81. The van der Waals surface area contributed by atoms with E-state index in [0.717, 1.165) is 5.52 Å². The maximum Gasteiger partial charge on any atom is 0.0964 e. The summed E-state index contributed by atoms with van der Waals surface area (Å²) >= 11 is 0. The van der Waals surface area contributed by atoms with Crippen molar-refractivity contribution >= 4 is 10.9 Å². The predicted octanol–water partition coefficient (Wildman–Crippen LogP) is 2.75. The molecule has 0 unspecified atom stereocenters. The Morgan fingerprint density at radius 3 is 2.77 bits per heavy atom. The Morgan fingerprint density at radius 2 is 2.00 bits per heavy atom. The Hall–Kier alpha value is -1.44. The average molecular weight is 172 g/mol. The summed E-state index contributed by atoms with van der Waals surface area (Å²) in [5.74, 6) is 0.500. The normalized spacial score (nSPS) is 11.0. The van der Waals surface area contributed by atoms with Crippen molar-refractivity contribution < 1.29 is 0 Å². The van der Waals surface area contributed by atoms with Gasteiger partial charge >= 0.3 is 0 Å². The fraction of sp³-hybridized carbons (Fsp3) is 0.273. The van der Waals surface area contributed by atoms with Crippen molar-refractivity contribution in [2.45, 2.75) is 19.8 Å². The fourth-order valence-corrected chi connectivity index (χ4v) is 1.50. The average Bonchev–Trinajstić information content (AvgIpc) is 2.17. The molecule has 0 aliphatic carbocycles. The summed E-state index contributed by atoms with van der Waals surface area (Å²) in [4.78, 5) is 0. The van der Waals surface area contributed by atoms with Gasteiger partial charge in [-0.1, -0.05) is 32.0 Å². The zero-order valence-electron chi connectivity index (χ0n) is 7.86. The molecule has 13 heavy (non-hydrogen) atoms. The first-order chi connectivity index (χ1) is 6.29. The van der Waals surface area contributed by atoms with E-state index < -0.39 is 0 Å². The summed E-state index contributed by atoms with van der Waals surface area (Å²) in [6.45, 7) is 4.34. The fourth-order valence-electron chi connectivity index (χ4n) is 1.50. The second kappa shape index (κ2) is 3.13. The molecule has 66 valence electrons. The van der Waals surface area contributed by atoms with Crippen LogP contribution in [0, 0.1) is 0 Å². The van der Waals surface area contributed by atoms with E-state index in [1.54, 1.807) is 6.20 Å². The largest absolute Gasteiger partial charge is 0.159 e. The van der Waals surface area contributed by atoms with E-state index >= 15 is 0 Å². The molecule has 0 aliphatic rings. The Balaban J connectivity index is 2.76. The van der Waals surface area contributed by atoms with Crippen LogP contribution < -0.4 is 0 Å². The van der Waals surface area contributed by atoms with Gasteiger partial charge in [-0.3, -0.25) is 0 Å². The summed E-state index contributed by atoms with van der Waals surface area (Å²) in [6, 6.07) is 8.24. The summed E-state index contributed by atoms with van der Waals surface area (Å²) < 4.78 is 0. The van der Waals surface area contributed by atoms with Crippen LogP contribution in [0.15, 0.2) is 30.5 Å². The Bertz CT molecular complexity index is 416. The number of nitrogens with zero attached hydrogens (tertiary/aromatic N) is 2. The monoisotopic (exact) mass is 172 g/mol. The standard InChI is InChI=1S/C11H12N2/c1-8(2)10-5-3-4-9-6-7-12-13-11(9)10/h3-8H,1-2H3. The zero-order chi connectivity index (χ0) is 9.26. The van der Waals surface area contributed by atoms with Crippen molar-refractivity contribution in [1.29, 1.82) is 0 Å². The second-order valence-electron chi connectivity index (χ2n) is 3.47. The number of fused-ring (bicyclic) bond motifs is 1. The maximum absolute atomic E-state index is 4.15. The van der Waals surface area contributed by atoms with E-state index in [9.17, 15) is 0 Å². The molecule has 1 aromatic carbocycles. The van der Waals surface area contributed by atoms with Crippen molar-refractivity contribution in [3.8, 4) is 0 Å². The molecule has 0 bridgehead atoms. The second-order valence-corrected chi connectivity index (χ2v) is 3.47. The van der Waals surface area contributed by atoms with Gasteiger partial charge in [-0.05, 0) is 17.5 Å². The van der Waals surface area contributed by atoms with Crippen LogP contribution in [0.4, 0.5) is 0 Å². The van der Waals surface area contributed by atoms with Gasteiger partial charge in [0.15, 0.2) is 0 Å². The minimum absolute atomic E-state index is 0.500. The number of hydrogen-bond acceptors (Lipinski definition) is 2. The summed E-state index contributed by atoms with van der Waals surface area (Å²) in [5.41, 5.74) is 2.30. The minimum atomic E-state index is 0.500. The SMILES string of the molecule is CC(C)c1cccc2ccnnc12. The minimum Gasteiger partial charge on any atom is -0.159 e. The van der Waals surface area contributed by atoms with Crippen molar-refractivity contribution in [1.82, 2.24) is 10.2 Å². The number of benzene rings is 1. The van der Waals surface area contributed by atoms with Crippen LogP contribution in [0.2, 0.25) is 0 Å². The summed E-state index contributed by atoms with van der Waals surface area (Å²) in [6.07, 6.45) is 1.73. The number of aromatic nitrogens is 2. The van der Waals surface area contributed by atoms with Crippen LogP contribution in [-0.2, 0) is 0 Å². The van der Waals surface area contributed by atoms with E-state index in [0.29, 0.717) is 5.92 Å². The van der Waals surface area contributed by atoms with Crippen LogP contribution in [0.3, 0.4) is 0 Å². The lowest BCUT2D eigenvalue weighted by molar-refractivity contribution is 0.868. The first-order valence-corrected chi connectivity index (χ1v) is 4.49. The molecule has 2 rings (SSSR count). The van der Waals surface area contributed by atoms with Gasteiger partial charge in [-0.2, -0.15) is 10.2 Å². The van der Waals surface area contributed by atoms with E-state index in [1.807, 2.05) is 6.07 Å². The van der Waals surface area contributed by atoms with Gasteiger partial charge < -0.3 is 0 Å². The Labute approximate surface area is 77.6 Å². The van der Waals surface area contributed by atoms with E-state index in [-0.39, 0.29) is 0 Å². The van der Waals surface area contributed by atoms with Crippen LogP contribution in [0.25, 0.3) is 10.9 Å². The topological polar surface area (TPSA) is 25.8 Å². The van der Waals surface area contributed by atoms with E-state index in [4.69, 9.17) is 0 Å². The van der Waals surface area contributed by atoms with Crippen LogP contribution in [-0.4, -0.2) is 10.2 Å². The van der Waals surface area contributed by atoms with Crippen molar-refractivity contribution in [3.63, 3.8) is 0 Å². The molecule has 0 atom stereocenters. The van der Waals surface area contributed by atoms with Gasteiger partial charge in [-0.25, -0.2) is 0 Å². The molecule has 1 aromatic heterocycles. The molecule has 0 amide bonds. The molecule has 0 aliphatic heterocycles. The van der Waals surface area contributed by atoms with E-state index in [1.165, 1.54) is 10.9 Å². The predicted molar refractivity (Wildman–Crippen MR) is 53.6 cm³/mol. The van der Waals surface area contributed by atoms with Crippen LogP contribution >= 0.6 is 0 Å². The van der Waals surface area contributed by atoms with Crippen molar-refractivity contribution in [2.24, 2.45) is 0 Å². The summed E-state index contributed by atoms with van der Waals surface area (Å²) in [7, 11) is 0. The van der Waals surface area contributed by atoms with Gasteiger partial charge in [0.2, 0.25) is 0 Å². The molecule has 0 saturated carbocycles. The molecule has 0 saturated heterocycles. The van der Waals surface area contributed by atoms with Crippen molar-refractivity contribution in [3.05, 3.63) is 36.0 Å². The number of rotatable bonds is 1. The highest BCUT2D eigenvalue weighted by Crippen LogP contribution is 2.22. The molecule has 2 heteroatoms. The van der Waals surface area contributed by atoms with Crippen LogP contribution in [0.5, 0.6) is 0 Å². The Kier molecular flexibility index (Phi) is 1.97. The highest BCUT2D eigenvalue weighted by atomic mass is 15.1. The molecule has 0 N–H and O–H groups in total. The third kappa shape index (κ3) is 1.39. The van der Waals surface area contributed by atoms with E-state index in [2.05, 4.69) is 42.2 Å². The van der Waals surface area contributed by atoms with Gasteiger partial charge in [0, 0.05) is 5.39 Å². The lowest BCUT2D eigenvalue weighted by Gasteiger charge is -2.07. The third-order valence-electron chi connectivity index (χ3n) is 2.20. The van der Waals surface area contributed by atoms with Crippen LogP contribution in [0.1, 0.15) is 25.3 Å².